The van der Waals surface area contributed by atoms with Gasteiger partial charge in [-0.3, -0.25) is 4.79 Å². The number of ketones is 1. The van der Waals surface area contributed by atoms with E-state index in [2.05, 4.69) is 10.6 Å². The van der Waals surface area contributed by atoms with Crippen LogP contribution in [0.3, 0.4) is 0 Å². The summed E-state index contributed by atoms with van der Waals surface area (Å²) >= 11 is 0. The van der Waals surface area contributed by atoms with E-state index >= 15 is 0 Å². The molecule has 1 aliphatic rings. The van der Waals surface area contributed by atoms with Gasteiger partial charge in [-0.2, -0.15) is 0 Å². The smallest absolute Gasteiger partial charge is 0.319 e. The van der Waals surface area contributed by atoms with Gasteiger partial charge in [0.05, 0.1) is 19.8 Å². The first kappa shape index (κ1) is 17.8. The van der Waals surface area contributed by atoms with Crippen LogP contribution in [0.4, 0.5) is 10.5 Å². The molecule has 1 heterocycles. The number of fused-ring (bicyclic) bond motifs is 1. The predicted octanol–water partition coefficient (Wildman–Crippen LogP) is 3.85. The molecule has 0 bridgehead atoms. The number of methoxy groups -OCH3 is 1. The Labute approximate surface area is 152 Å². The van der Waals surface area contributed by atoms with E-state index in [1.54, 1.807) is 31.4 Å². The van der Waals surface area contributed by atoms with E-state index in [0.29, 0.717) is 35.8 Å². The van der Waals surface area contributed by atoms with Crippen LogP contribution in [-0.2, 0) is 0 Å². The number of urea groups is 1. The van der Waals surface area contributed by atoms with Crippen LogP contribution in [0, 0.1) is 6.92 Å². The molecule has 3 rings (SSSR count). The molecule has 1 aliphatic heterocycles. The molecule has 1 unspecified atom stereocenters. The first-order chi connectivity index (χ1) is 12.5. The quantitative estimate of drug-likeness (QED) is 0.818. The molecule has 0 radical (unpaired) electrons. The lowest BCUT2D eigenvalue weighted by molar-refractivity contribution is 0.101. The molecule has 0 fully saturated rings. The Kier molecular flexibility index (Phi) is 5.11. The summed E-state index contributed by atoms with van der Waals surface area (Å²) in [5, 5.41) is 5.76. The van der Waals surface area contributed by atoms with E-state index < -0.39 is 0 Å². The van der Waals surface area contributed by atoms with Crippen LogP contribution >= 0.6 is 0 Å². The van der Waals surface area contributed by atoms with Crippen LogP contribution in [0.2, 0.25) is 0 Å². The molecule has 0 saturated carbocycles. The summed E-state index contributed by atoms with van der Waals surface area (Å²) in [7, 11) is 1.60. The molecular weight excluding hydrogens is 332 g/mol. The number of carbonyl (C=O) groups excluding carboxylic acids is 2. The Bertz CT molecular complexity index is 848. The maximum Gasteiger partial charge on any atom is 0.319 e. The fourth-order valence-electron chi connectivity index (χ4n) is 3.06. The summed E-state index contributed by atoms with van der Waals surface area (Å²) in [5.74, 6) is 1.30. The number of amides is 2. The number of nitrogens with one attached hydrogen (secondary N) is 2. The minimum absolute atomic E-state index is 0.0463. The molecule has 0 spiro atoms. The van der Waals surface area contributed by atoms with Gasteiger partial charge < -0.3 is 20.1 Å². The number of rotatable bonds is 4. The molecule has 2 aromatic carbocycles. The van der Waals surface area contributed by atoms with Crippen LogP contribution in [0.1, 0.15) is 40.9 Å². The van der Waals surface area contributed by atoms with Crippen LogP contribution < -0.4 is 20.1 Å². The van der Waals surface area contributed by atoms with Gasteiger partial charge in [-0.05, 0) is 37.6 Å². The molecule has 26 heavy (non-hydrogen) atoms. The fourth-order valence-corrected chi connectivity index (χ4v) is 3.06. The van der Waals surface area contributed by atoms with Crippen LogP contribution in [0.15, 0.2) is 36.4 Å². The Morgan fingerprint density at radius 3 is 2.77 bits per heavy atom. The summed E-state index contributed by atoms with van der Waals surface area (Å²) in [6.07, 6.45) is 0.667. The molecule has 2 aromatic rings. The summed E-state index contributed by atoms with van der Waals surface area (Å²) in [6.45, 7) is 3.97. The third kappa shape index (κ3) is 3.79. The molecule has 0 saturated heterocycles. The van der Waals surface area contributed by atoms with Crippen molar-refractivity contribution in [1.29, 1.82) is 0 Å². The van der Waals surface area contributed by atoms with Gasteiger partial charge in [0.1, 0.15) is 0 Å². The highest BCUT2D eigenvalue weighted by molar-refractivity contribution is 5.96. The maximum atomic E-state index is 12.4. The highest BCUT2D eigenvalue weighted by Crippen LogP contribution is 2.40. The lowest BCUT2D eigenvalue weighted by Gasteiger charge is -2.28. The van der Waals surface area contributed by atoms with Crippen LogP contribution in [0.25, 0.3) is 0 Å². The molecule has 6 heteroatoms. The van der Waals surface area contributed by atoms with Crippen molar-refractivity contribution in [3.05, 3.63) is 53.1 Å². The molecule has 6 nitrogen and oxygen atoms in total. The number of anilines is 1. The SMILES string of the molecule is COc1cc(C)cc2c1OCCC2NC(=O)Nc1cccc(C(C)=O)c1. The van der Waals surface area contributed by atoms with E-state index in [1.807, 2.05) is 19.1 Å². The van der Waals surface area contributed by atoms with Gasteiger partial charge in [0.2, 0.25) is 0 Å². The summed E-state index contributed by atoms with van der Waals surface area (Å²) in [4.78, 5) is 23.9. The molecule has 1 atom stereocenters. The van der Waals surface area contributed by atoms with Gasteiger partial charge in [0, 0.05) is 23.2 Å². The zero-order chi connectivity index (χ0) is 18.7. The number of Topliss-reactive ketones (excluding diaryl/α,β-unsaturated/α-hetero) is 1. The molecule has 0 aliphatic carbocycles. The Balaban J connectivity index is 1.76. The number of hydrogen-bond acceptors (Lipinski definition) is 4. The Morgan fingerprint density at radius 1 is 1.23 bits per heavy atom. The molecule has 2 amide bonds. The van der Waals surface area contributed by atoms with Crippen LogP contribution in [-0.4, -0.2) is 25.5 Å². The molecular formula is C20H22N2O4. The minimum Gasteiger partial charge on any atom is -0.493 e. The second kappa shape index (κ2) is 7.47. The number of ether oxygens (including phenoxy) is 2. The van der Waals surface area contributed by atoms with Gasteiger partial charge in [-0.1, -0.05) is 18.2 Å². The van der Waals surface area contributed by atoms with Crippen molar-refractivity contribution in [1.82, 2.24) is 5.32 Å². The number of hydrogen-bond donors (Lipinski definition) is 2. The van der Waals surface area contributed by atoms with Gasteiger partial charge in [0.15, 0.2) is 17.3 Å². The lowest BCUT2D eigenvalue weighted by Crippen LogP contribution is -2.35. The molecule has 136 valence electrons. The van der Waals surface area contributed by atoms with Crippen molar-refractivity contribution in [2.24, 2.45) is 0 Å². The third-order valence-corrected chi connectivity index (χ3v) is 4.31. The molecule has 2 N–H and O–H groups in total. The second-order valence-electron chi connectivity index (χ2n) is 6.31. The van der Waals surface area contributed by atoms with E-state index in [0.717, 1.165) is 11.1 Å². The van der Waals surface area contributed by atoms with E-state index in [1.165, 1.54) is 6.92 Å². The number of carbonyl (C=O) groups is 2. The average Bonchev–Trinajstić information content (AvgIpc) is 2.61. The Hall–Kier alpha value is -3.02. The summed E-state index contributed by atoms with van der Waals surface area (Å²) in [5.41, 5.74) is 3.07. The van der Waals surface area contributed by atoms with Crippen molar-refractivity contribution in [3.8, 4) is 11.5 Å². The fraction of sp³-hybridized carbons (Fsp3) is 0.300. The normalized spacial score (nSPS) is 15.4. The highest BCUT2D eigenvalue weighted by Gasteiger charge is 2.26. The zero-order valence-electron chi connectivity index (χ0n) is 15.1. The number of aryl methyl sites for hydroxylation is 1. The lowest BCUT2D eigenvalue weighted by atomic mass is 9.98. The summed E-state index contributed by atoms with van der Waals surface area (Å²) < 4.78 is 11.1. The van der Waals surface area contributed by atoms with Gasteiger partial charge in [-0.15, -0.1) is 0 Å². The second-order valence-corrected chi connectivity index (χ2v) is 6.31. The zero-order valence-corrected chi connectivity index (χ0v) is 15.1. The topological polar surface area (TPSA) is 76.7 Å². The standard InChI is InChI=1S/C20H22N2O4/c1-12-9-16-17(7-8-26-19(16)18(10-12)25-3)22-20(24)21-15-6-4-5-14(11-15)13(2)23/h4-6,9-11,17H,7-8H2,1-3H3,(H2,21,22,24). The highest BCUT2D eigenvalue weighted by atomic mass is 16.5. The summed E-state index contributed by atoms with van der Waals surface area (Å²) in [6, 6.07) is 10.3. The first-order valence-corrected chi connectivity index (χ1v) is 8.48. The van der Waals surface area contributed by atoms with Crippen LogP contribution in [0.5, 0.6) is 11.5 Å². The van der Waals surface area contributed by atoms with Crippen molar-refractivity contribution >= 4 is 17.5 Å². The first-order valence-electron chi connectivity index (χ1n) is 8.48. The average molecular weight is 354 g/mol. The van der Waals surface area contributed by atoms with E-state index in [-0.39, 0.29) is 17.9 Å². The van der Waals surface area contributed by atoms with Gasteiger partial charge >= 0.3 is 6.03 Å². The van der Waals surface area contributed by atoms with Crippen molar-refractivity contribution in [2.45, 2.75) is 26.3 Å². The van der Waals surface area contributed by atoms with Gasteiger partial charge in [0.25, 0.3) is 0 Å². The van der Waals surface area contributed by atoms with E-state index in [4.69, 9.17) is 9.47 Å². The Morgan fingerprint density at radius 2 is 2.04 bits per heavy atom. The maximum absolute atomic E-state index is 12.4. The largest absolute Gasteiger partial charge is 0.493 e. The van der Waals surface area contributed by atoms with E-state index in [9.17, 15) is 9.59 Å². The van der Waals surface area contributed by atoms with Gasteiger partial charge in [-0.25, -0.2) is 4.79 Å². The third-order valence-electron chi connectivity index (χ3n) is 4.31. The molecule has 0 aromatic heterocycles. The van der Waals surface area contributed by atoms with Crippen molar-refractivity contribution in [2.75, 3.05) is 19.0 Å². The minimum atomic E-state index is -0.330. The monoisotopic (exact) mass is 354 g/mol. The number of benzene rings is 2. The van der Waals surface area contributed by atoms with Crippen molar-refractivity contribution in [3.63, 3.8) is 0 Å². The van der Waals surface area contributed by atoms with Crippen molar-refractivity contribution < 1.29 is 19.1 Å². The predicted molar refractivity (Wildman–Crippen MR) is 99.2 cm³/mol.